The minimum atomic E-state index is -3.42. The van der Waals surface area contributed by atoms with Crippen LogP contribution in [-0.2, 0) is 14.8 Å². The molecular weight excluding hydrogens is 376 g/mol. The molecule has 7 nitrogen and oxygen atoms in total. The first kappa shape index (κ1) is 21.2. The molecule has 1 aromatic rings. The quantitative estimate of drug-likeness (QED) is 0.724. The average molecular weight is 409 g/mol. The first-order chi connectivity index (χ1) is 13.4. The van der Waals surface area contributed by atoms with Gasteiger partial charge in [-0.1, -0.05) is 18.2 Å². The SMILES string of the molecule is CN1CCN(CCNC(=O)CC2CCN(S(=O)(=O)c3ccccc3)CC2)CC1. The molecule has 28 heavy (non-hydrogen) atoms. The van der Waals surface area contributed by atoms with Crippen molar-refractivity contribution in [1.29, 1.82) is 0 Å². The van der Waals surface area contributed by atoms with Crippen LogP contribution in [0.5, 0.6) is 0 Å². The smallest absolute Gasteiger partial charge is 0.243 e. The molecule has 1 aromatic carbocycles. The van der Waals surface area contributed by atoms with Gasteiger partial charge >= 0.3 is 0 Å². The molecule has 0 aliphatic carbocycles. The van der Waals surface area contributed by atoms with E-state index in [2.05, 4.69) is 22.2 Å². The van der Waals surface area contributed by atoms with Crippen molar-refractivity contribution in [3.63, 3.8) is 0 Å². The number of benzene rings is 1. The number of carbonyl (C=O) groups is 1. The van der Waals surface area contributed by atoms with Crippen LogP contribution in [0.3, 0.4) is 0 Å². The Morgan fingerprint density at radius 3 is 2.32 bits per heavy atom. The van der Waals surface area contributed by atoms with Gasteiger partial charge in [0.15, 0.2) is 0 Å². The summed E-state index contributed by atoms with van der Waals surface area (Å²) in [5, 5.41) is 3.03. The first-order valence-electron chi connectivity index (χ1n) is 10.2. The molecule has 2 saturated heterocycles. The summed E-state index contributed by atoms with van der Waals surface area (Å²) in [5.41, 5.74) is 0. The third-order valence-electron chi connectivity index (χ3n) is 5.77. The summed E-state index contributed by atoms with van der Waals surface area (Å²) in [4.78, 5) is 17.3. The van der Waals surface area contributed by atoms with Crippen molar-refractivity contribution >= 4 is 15.9 Å². The van der Waals surface area contributed by atoms with E-state index in [9.17, 15) is 13.2 Å². The monoisotopic (exact) mass is 408 g/mol. The minimum Gasteiger partial charge on any atom is -0.355 e. The molecule has 8 heteroatoms. The fourth-order valence-electron chi connectivity index (χ4n) is 3.85. The second-order valence-corrected chi connectivity index (χ2v) is 9.80. The van der Waals surface area contributed by atoms with Crippen LogP contribution in [0.1, 0.15) is 19.3 Å². The van der Waals surface area contributed by atoms with E-state index in [4.69, 9.17) is 0 Å². The predicted molar refractivity (Wildman–Crippen MR) is 109 cm³/mol. The summed E-state index contributed by atoms with van der Waals surface area (Å²) in [6, 6.07) is 8.57. The summed E-state index contributed by atoms with van der Waals surface area (Å²) >= 11 is 0. The van der Waals surface area contributed by atoms with Gasteiger partial charge in [-0.3, -0.25) is 9.69 Å². The van der Waals surface area contributed by atoms with Crippen molar-refractivity contribution in [2.45, 2.75) is 24.2 Å². The fraction of sp³-hybridized carbons (Fsp3) is 0.650. The Hall–Kier alpha value is -1.48. The third kappa shape index (κ3) is 5.76. The highest BCUT2D eigenvalue weighted by atomic mass is 32.2. The molecule has 3 rings (SSSR count). The zero-order chi connectivity index (χ0) is 20.0. The van der Waals surface area contributed by atoms with Crippen LogP contribution in [0.2, 0.25) is 0 Å². The molecule has 0 unspecified atom stereocenters. The van der Waals surface area contributed by atoms with Crippen LogP contribution in [0.4, 0.5) is 0 Å². The van der Waals surface area contributed by atoms with Crippen molar-refractivity contribution < 1.29 is 13.2 Å². The minimum absolute atomic E-state index is 0.0819. The van der Waals surface area contributed by atoms with E-state index in [1.54, 1.807) is 28.6 Å². The molecule has 1 amide bonds. The average Bonchev–Trinajstić information content (AvgIpc) is 2.70. The summed E-state index contributed by atoms with van der Waals surface area (Å²) < 4.78 is 26.9. The standard InChI is InChI=1S/C20H32N4O3S/c1-22-13-15-23(16-14-22)12-9-21-20(25)17-18-7-10-24(11-8-18)28(26,27)19-5-3-2-4-6-19/h2-6,18H,7-17H2,1H3,(H,21,25). The zero-order valence-corrected chi connectivity index (χ0v) is 17.5. The highest BCUT2D eigenvalue weighted by Crippen LogP contribution is 2.25. The van der Waals surface area contributed by atoms with Crippen LogP contribution < -0.4 is 5.32 Å². The van der Waals surface area contributed by atoms with Gasteiger partial charge in [0.2, 0.25) is 15.9 Å². The van der Waals surface area contributed by atoms with Gasteiger partial charge in [-0.15, -0.1) is 0 Å². The number of hydrogen-bond donors (Lipinski definition) is 1. The maximum atomic E-state index is 12.7. The van der Waals surface area contributed by atoms with Crippen molar-refractivity contribution in [2.75, 3.05) is 59.4 Å². The van der Waals surface area contributed by atoms with Gasteiger partial charge in [-0.2, -0.15) is 4.31 Å². The molecule has 0 aromatic heterocycles. The molecule has 0 saturated carbocycles. The summed E-state index contributed by atoms with van der Waals surface area (Å²) in [6.45, 7) is 6.82. The van der Waals surface area contributed by atoms with Gasteiger partial charge in [0, 0.05) is 58.8 Å². The summed E-state index contributed by atoms with van der Waals surface area (Å²) in [5.74, 6) is 0.337. The van der Waals surface area contributed by atoms with Gasteiger partial charge < -0.3 is 10.2 Å². The zero-order valence-electron chi connectivity index (χ0n) is 16.7. The maximum absolute atomic E-state index is 12.7. The molecule has 2 fully saturated rings. The van der Waals surface area contributed by atoms with E-state index in [0.717, 1.165) is 45.6 Å². The van der Waals surface area contributed by atoms with E-state index in [-0.39, 0.29) is 11.8 Å². The van der Waals surface area contributed by atoms with Crippen molar-refractivity contribution in [1.82, 2.24) is 19.4 Å². The van der Waals surface area contributed by atoms with Crippen LogP contribution >= 0.6 is 0 Å². The second kappa shape index (κ2) is 9.82. The number of piperazine rings is 1. The lowest BCUT2D eigenvalue weighted by molar-refractivity contribution is -0.122. The molecule has 1 N–H and O–H groups in total. The molecule has 0 atom stereocenters. The Labute approximate surface area is 168 Å². The maximum Gasteiger partial charge on any atom is 0.243 e. The summed E-state index contributed by atoms with van der Waals surface area (Å²) in [6.07, 6.45) is 1.96. The molecule has 2 aliphatic rings. The van der Waals surface area contributed by atoms with Crippen molar-refractivity contribution in [3.8, 4) is 0 Å². The van der Waals surface area contributed by atoms with Crippen LogP contribution in [0.15, 0.2) is 35.2 Å². The van der Waals surface area contributed by atoms with Gasteiger partial charge in [0.05, 0.1) is 4.90 Å². The molecule has 0 radical (unpaired) electrons. The Morgan fingerprint density at radius 1 is 1.04 bits per heavy atom. The molecule has 2 aliphatic heterocycles. The lowest BCUT2D eigenvalue weighted by Crippen LogP contribution is -2.47. The van der Waals surface area contributed by atoms with E-state index >= 15 is 0 Å². The van der Waals surface area contributed by atoms with Gasteiger partial charge in [-0.25, -0.2) is 8.42 Å². The van der Waals surface area contributed by atoms with E-state index in [1.165, 1.54) is 0 Å². The van der Waals surface area contributed by atoms with Crippen molar-refractivity contribution in [2.24, 2.45) is 5.92 Å². The Morgan fingerprint density at radius 2 is 1.68 bits per heavy atom. The highest BCUT2D eigenvalue weighted by Gasteiger charge is 2.30. The number of hydrogen-bond acceptors (Lipinski definition) is 5. The number of nitrogens with one attached hydrogen (secondary N) is 1. The lowest BCUT2D eigenvalue weighted by Gasteiger charge is -2.32. The van der Waals surface area contributed by atoms with Crippen LogP contribution in [-0.4, -0.2) is 87.8 Å². The molecule has 156 valence electrons. The Kier molecular flexibility index (Phi) is 7.45. The van der Waals surface area contributed by atoms with Crippen LogP contribution in [0, 0.1) is 5.92 Å². The number of piperidine rings is 1. The number of amides is 1. The van der Waals surface area contributed by atoms with Gasteiger partial charge in [0.25, 0.3) is 0 Å². The van der Waals surface area contributed by atoms with Gasteiger partial charge in [-0.05, 0) is 37.9 Å². The highest BCUT2D eigenvalue weighted by molar-refractivity contribution is 7.89. The lowest BCUT2D eigenvalue weighted by atomic mass is 9.94. The number of nitrogens with zero attached hydrogens (tertiary/aromatic N) is 3. The normalized spacial score (nSPS) is 20.9. The number of rotatable bonds is 7. The molecular formula is C20H32N4O3S. The molecule has 0 bridgehead atoms. The summed E-state index contributed by atoms with van der Waals surface area (Å²) in [7, 11) is -1.29. The van der Waals surface area contributed by atoms with E-state index in [1.807, 2.05) is 6.07 Å². The van der Waals surface area contributed by atoms with Gasteiger partial charge in [0.1, 0.15) is 0 Å². The fourth-order valence-corrected chi connectivity index (χ4v) is 5.35. The third-order valence-corrected chi connectivity index (χ3v) is 7.69. The Balaban J connectivity index is 1.36. The van der Waals surface area contributed by atoms with E-state index in [0.29, 0.717) is 31.0 Å². The van der Waals surface area contributed by atoms with Crippen molar-refractivity contribution in [3.05, 3.63) is 30.3 Å². The second-order valence-electron chi connectivity index (χ2n) is 7.86. The predicted octanol–water partition coefficient (Wildman–Crippen LogP) is 0.841. The van der Waals surface area contributed by atoms with E-state index < -0.39 is 10.0 Å². The van der Waals surface area contributed by atoms with Crippen LogP contribution in [0.25, 0.3) is 0 Å². The first-order valence-corrected chi connectivity index (χ1v) is 11.6. The molecule has 0 spiro atoms. The number of sulfonamides is 1. The number of carbonyl (C=O) groups excluding carboxylic acids is 1. The largest absolute Gasteiger partial charge is 0.355 e. The number of likely N-dealkylation sites (N-methyl/N-ethyl adjacent to an activating group) is 1. The topological polar surface area (TPSA) is 73.0 Å². The Bertz CT molecular complexity index is 725. The molecule has 2 heterocycles.